The fraction of sp³-hybridized carbons (Fsp3) is 0.500. The van der Waals surface area contributed by atoms with Crippen molar-refractivity contribution in [3.05, 3.63) is 89.0 Å². The third-order valence-corrected chi connectivity index (χ3v) is 12.3. The predicted molar refractivity (Wildman–Crippen MR) is 204 cm³/mol. The number of benzene rings is 2. The van der Waals surface area contributed by atoms with Gasteiger partial charge in [0.1, 0.15) is 24.4 Å². The van der Waals surface area contributed by atoms with Crippen molar-refractivity contribution >= 4 is 41.9 Å². The van der Waals surface area contributed by atoms with E-state index in [1.807, 2.05) is 18.2 Å². The lowest BCUT2D eigenvalue weighted by atomic mass is 9.49. The largest absolute Gasteiger partial charge is 0.462 e. The summed E-state index contributed by atoms with van der Waals surface area (Å²) in [5.74, 6) is -5.91. The van der Waals surface area contributed by atoms with E-state index in [1.54, 1.807) is 50.3 Å². The van der Waals surface area contributed by atoms with E-state index in [0.717, 1.165) is 12.5 Å². The minimum absolute atomic E-state index is 0.0642. The average Bonchev–Trinajstić information content (AvgIpc) is 3.40. The molecular weight excluding hydrogens is 752 g/mol. The van der Waals surface area contributed by atoms with Crippen LogP contribution in [0.4, 0.5) is 0 Å². The average molecular weight is 803 g/mol. The summed E-state index contributed by atoms with van der Waals surface area (Å²) in [5.41, 5.74) is -5.78. The van der Waals surface area contributed by atoms with Crippen LogP contribution in [0.25, 0.3) is 6.08 Å². The molecule has 14 heteroatoms. The zero-order valence-corrected chi connectivity index (χ0v) is 33.8. The van der Waals surface area contributed by atoms with Gasteiger partial charge in [-0.15, -0.1) is 0 Å². The quantitative estimate of drug-likeness (QED) is 0.149. The van der Waals surface area contributed by atoms with Crippen molar-refractivity contribution in [3.63, 3.8) is 0 Å². The minimum atomic E-state index is -1.93. The molecule has 58 heavy (non-hydrogen) atoms. The molecule has 1 N–H and O–H groups in total. The Morgan fingerprint density at radius 2 is 1.38 bits per heavy atom. The Labute approximate surface area is 336 Å². The molecule has 4 aliphatic rings. The molecule has 0 aromatic heterocycles. The first-order valence-electron chi connectivity index (χ1n) is 19.2. The molecule has 2 aromatic rings. The van der Waals surface area contributed by atoms with Crippen LogP contribution in [0.2, 0.25) is 0 Å². The van der Waals surface area contributed by atoms with Crippen molar-refractivity contribution in [2.45, 2.75) is 116 Å². The molecule has 6 rings (SSSR count). The molecule has 10 atom stereocenters. The van der Waals surface area contributed by atoms with Gasteiger partial charge >= 0.3 is 35.8 Å². The summed E-state index contributed by atoms with van der Waals surface area (Å²) in [7, 11) is 0. The van der Waals surface area contributed by atoms with Crippen LogP contribution < -0.4 is 0 Å². The van der Waals surface area contributed by atoms with E-state index in [9.17, 15) is 33.9 Å². The highest BCUT2D eigenvalue weighted by atomic mass is 16.6. The molecule has 1 saturated heterocycles. The first kappa shape index (κ1) is 42.3. The van der Waals surface area contributed by atoms with Crippen molar-refractivity contribution in [2.24, 2.45) is 16.7 Å². The van der Waals surface area contributed by atoms with Gasteiger partial charge in [-0.3, -0.25) is 19.2 Å². The third-order valence-electron chi connectivity index (χ3n) is 12.3. The normalized spacial score (nSPS) is 32.6. The Hall–Kier alpha value is -5.34. The maximum absolute atomic E-state index is 14.3. The van der Waals surface area contributed by atoms with Gasteiger partial charge in [-0.1, -0.05) is 55.5 Å². The minimum Gasteiger partial charge on any atom is -0.462 e. The summed E-state index contributed by atoms with van der Waals surface area (Å²) in [5, 5.41) is 12.7. The van der Waals surface area contributed by atoms with Crippen molar-refractivity contribution in [3.8, 4) is 0 Å². The number of ether oxygens (including phenoxy) is 7. The molecule has 3 fully saturated rings. The van der Waals surface area contributed by atoms with Crippen LogP contribution in [0.1, 0.15) is 84.2 Å². The van der Waals surface area contributed by atoms with Crippen LogP contribution in [0.5, 0.6) is 0 Å². The number of esters is 6. The van der Waals surface area contributed by atoms with Crippen LogP contribution in [-0.4, -0.2) is 95.4 Å². The zero-order chi connectivity index (χ0) is 42.4. The van der Waals surface area contributed by atoms with Crippen LogP contribution in [0, 0.1) is 16.7 Å². The molecule has 0 bridgehead atoms. The number of hydrogen-bond donors (Lipinski definition) is 1. The summed E-state index contributed by atoms with van der Waals surface area (Å²) in [6.45, 7) is 10.8. The summed E-state index contributed by atoms with van der Waals surface area (Å²) in [4.78, 5) is 80.9. The van der Waals surface area contributed by atoms with Gasteiger partial charge in [0, 0.05) is 46.6 Å². The van der Waals surface area contributed by atoms with E-state index in [0.29, 0.717) is 5.57 Å². The third kappa shape index (κ3) is 7.32. The van der Waals surface area contributed by atoms with E-state index in [2.05, 4.69) is 0 Å². The first-order valence-corrected chi connectivity index (χ1v) is 19.2. The molecular formula is C44H50O14. The fourth-order valence-corrected chi connectivity index (χ4v) is 9.99. The SMILES string of the molecule is CC(=O)O[C@@H]1[C@H]2[C@@]3(OC(C)=O)CO[C@H]3C[C@@H](OC(C)=O)[C@]2(C)[C@@H](OC(C)=O)[C@@H](OC(=O)c2ccccc2)C2=C(C)[C@H](OC(=O)/C=C/c3ccccc3)C[C@@]21C(C)(C)O. The van der Waals surface area contributed by atoms with Crippen molar-refractivity contribution < 1.29 is 67.0 Å². The lowest BCUT2D eigenvalue weighted by Crippen LogP contribution is -2.79. The highest BCUT2D eigenvalue weighted by Gasteiger charge is 2.81. The molecule has 1 heterocycles. The number of hydrogen-bond acceptors (Lipinski definition) is 14. The van der Waals surface area contributed by atoms with Crippen LogP contribution >= 0.6 is 0 Å². The van der Waals surface area contributed by atoms with Crippen molar-refractivity contribution in [2.75, 3.05) is 6.61 Å². The second-order valence-electron chi connectivity index (χ2n) is 16.3. The Balaban J connectivity index is 1.68. The molecule has 1 aliphatic heterocycles. The lowest BCUT2D eigenvalue weighted by Gasteiger charge is -2.65. The Morgan fingerprint density at radius 1 is 0.793 bits per heavy atom. The van der Waals surface area contributed by atoms with Gasteiger partial charge in [-0.05, 0) is 55.7 Å². The standard InChI is InChI=1S/C44H50O14/c1-24-31(56-34(49)20-19-29-15-11-9-12-16-29)22-43(41(6,7)51)35(24)36(57-40(50)30-17-13-10-14-18-30)38(54-26(3)46)42(8)32(53-25(2)45)21-33-44(23-52-33,58-28(5)48)37(42)39(43)55-27(4)47/h9-20,31-33,36-39,51H,21-23H2,1-8H3/b20-19+/t31-,32-,33+,36+,37-,38+,39-,42+,43-,44-/m1/s1. The molecule has 14 nitrogen and oxygen atoms in total. The molecule has 0 radical (unpaired) electrons. The zero-order valence-electron chi connectivity index (χ0n) is 33.8. The summed E-state index contributed by atoms with van der Waals surface area (Å²) < 4.78 is 43.6. The monoisotopic (exact) mass is 802 g/mol. The second-order valence-corrected chi connectivity index (χ2v) is 16.3. The predicted octanol–water partition coefficient (Wildman–Crippen LogP) is 4.85. The van der Waals surface area contributed by atoms with Gasteiger partial charge in [0.2, 0.25) is 0 Å². The number of carbonyl (C=O) groups is 6. The van der Waals surface area contributed by atoms with Crippen LogP contribution in [-0.2, 0) is 57.1 Å². The Morgan fingerprint density at radius 3 is 1.91 bits per heavy atom. The Bertz CT molecular complexity index is 2020. The highest BCUT2D eigenvalue weighted by Crippen LogP contribution is 2.69. The number of aliphatic hydroxyl groups is 1. The molecule has 0 unspecified atom stereocenters. The number of carbonyl (C=O) groups excluding carboxylic acids is 6. The molecule has 0 amide bonds. The lowest BCUT2D eigenvalue weighted by molar-refractivity contribution is -0.352. The number of rotatable bonds is 10. The molecule has 0 spiro atoms. The fourth-order valence-electron chi connectivity index (χ4n) is 9.99. The van der Waals surface area contributed by atoms with Gasteiger partial charge in [-0.2, -0.15) is 0 Å². The summed E-state index contributed by atoms with van der Waals surface area (Å²) in [6.07, 6.45) is -5.41. The summed E-state index contributed by atoms with van der Waals surface area (Å²) in [6, 6.07) is 17.1. The molecule has 2 saturated carbocycles. The second kappa shape index (κ2) is 15.8. The number of fused-ring (bicyclic) bond motifs is 4. The van der Waals surface area contributed by atoms with Crippen molar-refractivity contribution in [1.82, 2.24) is 0 Å². The van der Waals surface area contributed by atoms with Crippen LogP contribution in [0.15, 0.2) is 77.9 Å². The van der Waals surface area contributed by atoms with Gasteiger partial charge in [-0.25, -0.2) is 9.59 Å². The van der Waals surface area contributed by atoms with Gasteiger partial charge in [0.15, 0.2) is 17.8 Å². The van der Waals surface area contributed by atoms with E-state index in [-0.39, 0.29) is 30.6 Å². The summed E-state index contributed by atoms with van der Waals surface area (Å²) >= 11 is 0. The van der Waals surface area contributed by atoms with E-state index in [1.165, 1.54) is 52.8 Å². The molecule has 2 aromatic carbocycles. The first-order chi connectivity index (χ1) is 27.3. The topological polar surface area (TPSA) is 187 Å². The Kier molecular flexibility index (Phi) is 11.5. The molecule has 3 aliphatic carbocycles. The highest BCUT2D eigenvalue weighted by molar-refractivity contribution is 5.90. The molecule has 310 valence electrons. The van der Waals surface area contributed by atoms with Crippen molar-refractivity contribution in [1.29, 1.82) is 0 Å². The smallest absolute Gasteiger partial charge is 0.338 e. The van der Waals surface area contributed by atoms with E-state index in [4.69, 9.17) is 33.2 Å². The van der Waals surface area contributed by atoms with Gasteiger partial charge < -0.3 is 38.3 Å². The van der Waals surface area contributed by atoms with E-state index < -0.39 is 100 Å². The maximum Gasteiger partial charge on any atom is 0.338 e. The maximum atomic E-state index is 14.3. The van der Waals surface area contributed by atoms with Gasteiger partial charge in [0.05, 0.1) is 34.5 Å². The van der Waals surface area contributed by atoms with Crippen LogP contribution in [0.3, 0.4) is 0 Å². The van der Waals surface area contributed by atoms with E-state index >= 15 is 0 Å². The van der Waals surface area contributed by atoms with Gasteiger partial charge in [0.25, 0.3) is 0 Å².